The van der Waals surface area contributed by atoms with Gasteiger partial charge in [0.05, 0.1) is 27.2 Å². The summed E-state index contributed by atoms with van der Waals surface area (Å²) >= 11 is 0. The van der Waals surface area contributed by atoms with Crippen LogP contribution in [0, 0.1) is 5.92 Å². The van der Waals surface area contributed by atoms with E-state index in [-0.39, 0.29) is 17.1 Å². The minimum Gasteiger partial charge on any atom is -0.497 e. The highest BCUT2D eigenvalue weighted by Crippen LogP contribution is 2.46. The second kappa shape index (κ2) is 13.4. The number of hydrogen-bond acceptors (Lipinski definition) is 9. The SMILES string of the molecule is COc1ccc(C(OC[C@H]2O[C@@H](n3cnc4c(=O)[nH]c(NC(=O)C(C)C)nc43)[C@H](O)C2(F)F)(c2ccccc2)c2ccc(OC)cc2)cc1. The Kier molecular flexibility index (Phi) is 9.20. The summed E-state index contributed by atoms with van der Waals surface area (Å²) in [4.78, 5) is 35.7. The first kappa shape index (κ1) is 33.7. The molecule has 0 saturated carbocycles. The molecule has 3 atom stereocenters. The molecule has 14 heteroatoms. The fourth-order valence-corrected chi connectivity index (χ4v) is 5.79. The topological polar surface area (TPSA) is 150 Å². The van der Waals surface area contributed by atoms with Crippen molar-refractivity contribution in [2.24, 2.45) is 5.92 Å². The van der Waals surface area contributed by atoms with E-state index in [4.69, 9.17) is 18.9 Å². The van der Waals surface area contributed by atoms with E-state index in [1.54, 1.807) is 62.4 Å². The second-order valence-electron chi connectivity index (χ2n) is 11.8. The molecule has 12 nitrogen and oxygen atoms in total. The van der Waals surface area contributed by atoms with Gasteiger partial charge in [-0.2, -0.15) is 4.98 Å². The molecule has 1 amide bonds. The maximum Gasteiger partial charge on any atom is 0.305 e. The van der Waals surface area contributed by atoms with Gasteiger partial charge in [0.2, 0.25) is 11.9 Å². The van der Waals surface area contributed by atoms with Gasteiger partial charge in [-0.3, -0.25) is 24.5 Å². The Morgan fingerprint density at radius 1 is 1.00 bits per heavy atom. The first-order chi connectivity index (χ1) is 23.5. The number of alkyl halides is 2. The molecule has 3 aromatic carbocycles. The van der Waals surface area contributed by atoms with Crippen molar-refractivity contribution in [2.45, 2.75) is 43.8 Å². The zero-order valence-electron chi connectivity index (χ0n) is 27.1. The number of hydrogen-bond donors (Lipinski definition) is 3. The highest BCUT2D eigenvalue weighted by molar-refractivity contribution is 5.91. The summed E-state index contributed by atoms with van der Waals surface area (Å²) in [6.45, 7) is 2.63. The molecule has 6 rings (SSSR count). The van der Waals surface area contributed by atoms with Crippen LogP contribution in [0.15, 0.2) is 90.0 Å². The lowest BCUT2D eigenvalue weighted by Gasteiger charge is -2.37. The van der Waals surface area contributed by atoms with E-state index in [0.29, 0.717) is 28.2 Å². The molecule has 3 N–H and O–H groups in total. The zero-order valence-corrected chi connectivity index (χ0v) is 27.1. The summed E-state index contributed by atoms with van der Waals surface area (Å²) in [5, 5.41) is 13.5. The lowest BCUT2D eigenvalue weighted by atomic mass is 9.80. The van der Waals surface area contributed by atoms with Gasteiger partial charge in [-0.15, -0.1) is 0 Å². The molecule has 1 saturated heterocycles. The number of halogens is 2. The van der Waals surface area contributed by atoms with E-state index in [1.165, 1.54) is 14.2 Å². The molecule has 256 valence electrons. The Bertz CT molecular complexity index is 1930. The normalized spacial score (nSPS) is 18.9. The van der Waals surface area contributed by atoms with E-state index in [2.05, 4.69) is 20.3 Å². The van der Waals surface area contributed by atoms with Crippen molar-refractivity contribution in [3.05, 3.63) is 112 Å². The average molecular weight is 676 g/mol. The number of carbonyl (C=O) groups is 1. The van der Waals surface area contributed by atoms with Gasteiger partial charge in [-0.05, 0) is 41.0 Å². The average Bonchev–Trinajstić information content (AvgIpc) is 3.63. The zero-order chi connectivity index (χ0) is 34.9. The van der Waals surface area contributed by atoms with Gasteiger partial charge in [-0.1, -0.05) is 68.4 Å². The van der Waals surface area contributed by atoms with Crippen molar-refractivity contribution < 1.29 is 37.6 Å². The lowest BCUT2D eigenvalue weighted by molar-refractivity contribution is -0.146. The molecular formula is C35H35F2N5O7. The summed E-state index contributed by atoms with van der Waals surface area (Å²) in [6, 6.07) is 23.3. The molecule has 0 spiro atoms. The molecule has 0 bridgehead atoms. The number of aromatic nitrogens is 4. The third-order valence-electron chi connectivity index (χ3n) is 8.49. The van der Waals surface area contributed by atoms with Crippen LogP contribution in [0.4, 0.5) is 14.7 Å². The van der Waals surface area contributed by atoms with Crippen LogP contribution in [0.25, 0.3) is 11.2 Å². The smallest absolute Gasteiger partial charge is 0.305 e. The van der Waals surface area contributed by atoms with Crippen molar-refractivity contribution in [3.8, 4) is 11.5 Å². The molecular weight excluding hydrogens is 640 g/mol. The molecule has 0 aliphatic carbocycles. The quantitative estimate of drug-likeness (QED) is 0.170. The Hall–Kier alpha value is -5.18. The monoisotopic (exact) mass is 675 g/mol. The van der Waals surface area contributed by atoms with Crippen LogP contribution < -0.4 is 20.3 Å². The highest BCUT2D eigenvalue weighted by Gasteiger charge is 2.60. The number of fused-ring (bicyclic) bond motifs is 1. The fraction of sp³-hybridized carbons (Fsp3) is 0.314. The van der Waals surface area contributed by atoms with Crippen molar-refractivity contribution in [2.75, 3.05) is 26.1 Å². The lowest BCUT2D eigenvalue weighted by Crippen LogP contribution is -2.44. The van der Waals surface area contributed by atoms with Crippen LogP contribution in [0.1, 0.15) is 36.8 Å². The number of rotatable bonds is 11. The second-order valence-corrected chi connectivity index (χ2v) is 11.8. The summed E-state index contributed by atoms with van der Waals surface area (Å²) in [5.41, 5.74) is -0.631. The maximum atomic E-state index is 16.0. The Labute approximate surface area is 279 Å². The standard InChI is InChI=1S/C35H35F2N5O7/c1-20(2)30(44)40-33-39-29-27(31(45)41-33)38-19-42(29)32-28(43)35(36,37)26(49-32)18-48-34(21-8-6-5-7-9-21,22-10-14-24(46-3)15-11-22)23-12-16-25(47-4)17-13-23/h5-17,19-20,26,28,32,43H,18H2,1-4H3,(H2,39,40,41,44,45)/t26-,28+,32-/m1/s1. The number of nitrogens with zero attached hydrogens (tertiary/aromatic N) is 3. The number of aliphatic hydroxyl groups excluding tert-OH is 1. The van der Waals surface area contributed by atoms with Crippen molar-refractivity contribution in [1.82, 2.24) is 19.5 Å². The van der Waals surface area contributed by atoms with Crippen LogP contribution in [0.3, 0.4) is 0 Å². The molecule has 1 aliphatic rings. The van der Waals surface area contributed by atoms with E-state index in [9.17, 15) is 14.7 Å². The summed E-state index contributed by atoms with van der Waals surface area (Å²) in [6.07, 6.45) is -4.95. The summed E-state index contributed by atoms with van der Waals surface area (Å²) in [7, 11) is 3.08. The fourth-order valence-electron chi connectivity index (χ4n) is 5.79. The first-order valence-corrected chi connectivity index (χ1v) is 15.5. The van der Waals surface area contributed by atoms with Crippen LogP contribution in [-0.4, -0.2) is 69.5 Å². The predicted molar refractivity (Wildman–Crippen MR) is 175 cm³/mol. The Morgan fingerprint density at radius 3 is 2.12 bits per heavy atom. The van der Waals surface area contributed by atoms with Gasteiger partial charge in [0, 0.05) is 5.92 Å². The van der Waals surface area contributed by atoms with Crippen LogP contribution in [0.2, 0.25) is 0 Å². The Morgan fingerprint density at radius 2 is 1.57 bits per heavy atom. The first-order valence-electron chi connectivity index (χ1n) is 15.5. The number of anilines is 1. The third-order valence-corrected chi connectivity index (χ3v) is 8.49. The number of benzene rings is 3. The van der Waals surface area contributed by atoms with E-state index < -0.39 is 54.0 Å². The summed E-state index contributed by atoms with van der Waals surface area (Å²) < 4.78 is 56.2. The molecule has 49 heavy (non-hydrogen) atoms. The van der Waals surface area contributed by atoms with Crippen LogP contribution in [-0.2, 0) is 19.9 Å². The van der Waals surface area contributed by atoms with Crippen molar-refractivity contribution in [1.29, 1.82) is 0 Å². The van der Waals surface area contributed by atoms with Gasteiger partial charge >= 0.3 is 5.92 Å². The summed E-state index contributed by atoms with van der Waals surface area (Å²) in [5.74, 6) is -3.70. The van der Waals surface area contributed by atoms with Crippen LogP contribution >= 0.6 is 0 Å². The van der Waals surface area contributed by atoms with Gasteiger partial charge in [-0.25, -0.2) is 13.8 Å². The molecule has 1 fully saturated rings. The minimum absolute atomic E-state index is 0.167. The molecule has 0 radical (unpaired) electrons. The van der Waals surface area contributed by atoms with Gasteiger partial charge in [0.15, 0.2) is 23.5 Å². The van der Waals surface area contributed by atoms with E-state index in [1.807, 2.05) is 30.3 Å². The number of aromatic amines is 1. The number of imidazole rings is 1. The molecule has 0 unspecified atom stereocenters. The molecule has 5 aromatic rings. The minimum atomic E-state index is -3.82. The van der Waals surface area contributed by atoms with Crippen LogP contribution in [0.5, 0.6) is 11.5 Å². The number of amides is 1. The molecule has 2 aromatic heterocycles. The van der Waals surface area contributed by atoms with Crippen molar-refractivity contribution in [3.63, 3.8) is 0 Å². The molecule has 3 heterocycles. The molecule has 1 aliphatic heterocycles. The van der Waals surface area contributed by atoms with Gasteiger partial charge in [0.1, 0.15) is 23.2 Å². The Balaban J connectivity index is 1.39. The van der Waals surface area contributed by atoms with Gasteiger partial charge < -0.3 is 24.1 Å². The number of aliphatic hydroxyl groups is 1. The number of nitrogens with one attached hydrogen (secondary N) is 2. The van der Waals surface area contributed by atoms with E-state index >= 15 is 8.78 Å². The third kappa shape index (κ3) is 6.14. The van der Waals surface area contributed by atoms with E-state index in [0.717, 1.165) is 10.9 Å². The van der Waals surface area contributed by atoms with Crippen molar-refractivity contribution >= 4 is 23.0 Å². The number of methoxy groups -OCH3 is 2. The van der Waals surface area contributed by atoms with Gasteiger partial charge in [0.25, 0.3) is 5.56 Å². The number of carbonyl (C=O) groups excluding carboxylic acids is 1. The highest BCUT2D eigenvalue weighted by atomic mass is 19.3. The maximum absolute atomic E-state index is 16.0. The number of ether oxygens (including phenoxy) is 4. The number of H-pyrrole nitrogens is 1. The largest absolute Gasteiger partial charge is 0.497 e. The predicted octanol–water partition coefficient (Wildman–Crippen LogP) is 4.63.